The predicted molar refractivity (Wildman–Crippen MR) is 329 cm³/mol. The number of allylic oxidation sites excluding steroid dienone is 24. The molecule has 0 saturated carbocycles. The second-order valence-corrected chi connectivity index (χ2v) is 19.9. The van der Waals surface area contributed by atoms with Crippen molar-refractivity contribution in [1.29, 1.82) is 0 Å². The Kier molecular flexibility index (Phi) is 58.9. The third-order valence-electron chi connectivity index (χ3n) is 12.6. The molecule has 0 N–H and O–H groups in total. The van der Waals surface area contributed by atoms with Crippen LogP contribution in [0.3, 0.4) is 0 Å². The summed E-state index contributed by atoms with van der Waals surface area (Å²) < 4.78 is 16.8. The molecule has 0 amide bonds. The minimum atomic E-state index is -0.805. The van der Waals surface area contributed by atoms with Crippen LogP contribution < -0.4 is 0 Å². The largest absolute Gasteiger partial charge is 0.462 e. The van der Waals surface area contributed by atoms with Gasteiger partial charge in [0.15, 0.2) is 6.10 Å². The third-order valence-corrected chi connectivity index (χ3v) is 12.6. The van der Waals surface area contributed by atoms with Gasteiger partial charge in [0, 0.05) is 19.3 Å². The topological polar surface area (TPSA) is 78.9 Å². The van der Waals surface area contributed by atoms with Crippen LogP contribution >= 0.6 is 0 Å². The van der Waals surface area contributed by atoms with Crippen molar-refractivity contribution >= 4 is 17.9 Å². The van der Waals surface area contributed by atoms with Crippen LogP contribution in [0.15, 0.2) is 146 Å². The van der Waals surface area contributed by atoms with E-state index in [1.807, 2.05) is 0 Å². The molecule has 6 heteroatoms. The van der Waals surface area contributed by atoms with Crippen LogP contribution in [0.2, 0.25) is 0 Å². The van der Waals surface area contributed by atoms with Crippen molar-refractivity contribution in [2.45, 2.75) is 264 Å². The summed E-state index contributed by atoms with van der Waals surface area (Å²) in [5.41, 5.74) is 0. The lowest BCUT2D eigenvalue weighted by Crippen LogP contribution is -2.30. The Balaban J connectivity index is 4.38. The number of hydrogen-bond acceptors (Lipinski definition) is 6. The van der Waals surface area contributed by atoms with Gasteiger partial charge >= 0.3 is 17.9 Å². The van der Waals surface area contributed by atoms with Crippen LogP contribution in [0.25, 0.3) is 0 Å². The lowest BCUT2D eigenvalue weighted by Gasteiger charge is -2.18. The Hall–Kier alpha value is -4.71. The molecule has 0 spiro atoms. The van der Waals surface area contributed by atoms with Crippen LogP contribution in [0.4, 0.5) is 0 Å². The van der Waals surface area contributed by atoms with E-state index < -0.39 is 6.10 Å². The minimum Gasteiger partial charge on any atom is -0.462 e. The normalized spacial score (nSPS) is 13.1. The summed E-state index contributed by atoms with van der Waals surface area (Å²) in [4.78, 5) is 38.2. The molecule has 0 aromatic rings. The molecule has 0 heterocycles. The van der Waals surface area contributed by atoms with Crippen molar-refractivity contribution in [2.24, 2.45) is 0 Å². The fourth-order valence-electron chi connectivity index (χ4n) is 8.04. The van der Waals surface area contributed by atoms with Gasteiger partial charge in [0.05, 0.1) is 0 Å². The van der Waals surface area contributed by atoms with E-state index in [1.54, 1.807) is 0 Å². The Bertz CT molecular complexity index is 1680. The lowest BCUT2D eigenvalue weighted by atomic mass is 10.0. The predicted octanol–water partition coefficient (Wildman–Crippen LogP) is 21.2. The maximum Gasteiger partial charge on any atom is 0.306 e. The van der Waals surface area contributed by atoms with E-state index in [9.17, 15) is 14.4 Å². The smallest absolute Gasteiger partial charge is 0.306 e. The molecule has 0 aliphatic carbocycles. The molecule has 0 saturated heterocycles. The highest BCUT2D eigenvalue weighted by Gasteiger charge is 2.19. The summed E-state index contributed by atoms with van der Waals surface area (Å²) in [7, 11) is 0. The fraction of sp³-hybridized carbons (Fsp3) is 0.614. The quantitative estimate of drug-likeness (QED) is 0.0261. The number of esters is 3. The maximum absolute atomic E-state index is 12.9. The van der Waals surface area contributed by atoms with Crippen LogP contribution in [0.5, 0.6) is 0 Å². The number of hydrogen-bond donors (Lipinski definition) is 0. The summed E-state index contributed by atoms with van der Waals surface area (Å²) in [6.07, 6.45) is 89.9. The van der Waals surface area contributed by atoms with Gasteiger partial charge in [-0.1, -0.05) is 263 Å². The summed E-state index contributed by atoms with van der Waals surface area (Å²) in [6.45, 7) is 6.36. The molecule has 0 aliphatic rings. The standard InChI is InChI=1S/C70H112O6/c1-4-7-10-13-16-19-22-25-27-28-29-30-31-32-33-34-35-36-37-38-39-40-41-42-44-45-48-51-54-57-60-63-69(72)75-66-67(65-74-68(71)62-59-56-53-50-47-24-21-18-15-12-9-6-3)76-70(73)64-61-58-55-52-49-46-43-26-23-20-17-14-11-8-5-2/h7-8,10-11,16-17,19-20,25-27,29-30,32-33,35-36,38-39,41-43,45,48,67H,4-6,9,12-15,18,21-24,28,31,34,37,40,44,46-47,49-66H2,1-3H3/b10-7-,11-8-,19-16-,20-17-,27-25-,30-29-,33-32-,36-35-,39-38-,42-41-,43-26-,48-45-. The van der Waals surface area contributed by atoms with Crippen molar-refractivity contribution < 1.29 is 28.6 Å². The van der Waals surface area contributed by atoms with Crippen LogP contribution in [0, 0.1) is 0 Å². The first kappa shape index (κ1) is 71.3. The first-order valence-electron chi connectivity index (χ1n) is 30.8. The number of ether oxygens (including phenoxy) is 3. The van der Waals surface area contributed by atoms with E-state index in [0.717, 1.165) is 161 Å². The second kappa shape index (κ2) is 62.8. The molecule has 0 aromatic carbocycles. The van der Waals surface area contributed by atoms with E-state index in [0.29, 0.717) is 19.3 Å². The Morgan fingerprint density at radius 3 is 0.816 bits per heavy atom. The van der Waals surface area contributed by atoms with Crippen LogP contribution in [-0.4, -0.2) is 37.2 Å². The van der Waals surface area contributed by atoms with E-state index in [1.165, 1.54) is 57.8 Å². The highest BCUT2D eigenvalue weighted by atomic mass is 16.6. The summed E-state index contributed by atoms with van der Waals surface area (Å²) in [6, 6.07) is 0. The monoisotopic (exact) mass is 1050 g/mol. The molecule has 0 aliphatic heterocycles. The van der Waals surface area contributed by atoms with Crippen molar-refractivity contribution in [1.82, 2.24) is 0 Å². The van der Waals surface area contributed by atoms with Gasteiger partial charge in [-0.05, 0) is 122 Å². The Morgan fingerprint density at radius 2 is 0.513 bits per heavy atom. The zero-order chi connectivity index (χ0) is 55.0. The number of rotatable bonds is 54. The molecule has 1 atom stereocenters. The molecule has 428 valence electrons. The van der Waals surface area contributed by atoms with E-state index >= 15 is 0 Å². The fourth-order valence-corrected chi connectivity index (χ4v) is 8.04. The van der Waals surface area contributed by atoms with Crippen LogP contribution in [-0.2, 0) is 28.6 Å². The van der Waals surface area contributed by atoms with Crippen molar-refractivity contribution in [3.8, 4) is 0 Å². The first-order valence-corrected chi connectivity index (χ1v) is 30.8. The highest BCUT2D eigenvalue weighted by Crippen LogP contribution is 2.14. The van der Waals surface area contributed by atoms with E-state index in [2.05, 4.69) is 167 Å². The zero-order valence-corrected chi connectivity index (χ0v) is 49.0. The molecule has 0 aromatic heterocycles. The van der Waals surface area contributed by atoms with Gasteiger partial charge in [0.1, 0.15) is 13.2 Å². The van der Waals surface area contributed by atoms with Gasteiger partial charge < -0.3 is 14.2 Å². The van der Waals surface area contributed by atoms with E-state index in [4.69, 9.17) is 14.2 Å². The minimum absolute atomic E-state index is 0.0986. The van der Waals surface area contributed by atoms with Crippen molar-refractivity contribution in [2.75, 3.05) is 13.2 Å². The summed E-state index contributed by atoms with van der Waals surface area (Å²) >= 11 is 0. The zero-order valence-electron chi connectivity index (χ0n) is 49.0. The van der Waals surface area contributed by atoms with Gasteiger partial charge in [0.2, 0.25) is 0 Å². The molecule has 0 bridgehead atoms. The van der Waals surface area contributed by atoms with Gasteiger partial charge in [-0.3, -0.25) is 14.4 Å². The van der Waals surface area contributed by atoms with Gasteiger partial charge in [0.25, 0.3) is 0 Å². The average Bonchev–Trinajstić information content (AvgIpc) is 3.42. The van der Waals surface area contributed by atoms with E-state index in [-0.39, 0.29) is 31.1 Å². The molecule has 6 nitrogen and oxygen atoms in total. The number of carbonyl (C=O) groups is 3. The molecular weight excluding hydrogens is 937 g/mol. The molecular formula is C70H112O6. The molecule has 1 unspecified atom stereocenters. The summed E-state index contributed by atoms with van der Waals surface area (Å²) in [5, 5.41) is 0. The van der Waals surface area contributed by atoms with Crippen molar-refractivity contribution in [3.63, 3.8) is 0 Å². The highest BCUT2D eigenvalue weighted by molar-refractivity contribution is 5.71. The van der Waals surface area contributed by atoms with Gasteiger partial charge in [-0.15, -0.1) is 0 Å². The number of unbranched alkanes of at least 4 members (excludes halogenated alkanes) is 19. The second-order valence-electron chi connectivity index (χ2n) is 19.9. The average molecular weight is 1050 g/mol. The first-order chi connectivity index (χ1) is 37.5. The Labute approximate surface area is 467 Å². The number of carbonyl (C=O) groups excluding carboxylic acids is 3. The molecule has 0 rings (SSSR count). The molecule has 0 fully saturated rings. The molecule has 0 radical (unpaired) electrons. The summed E-state index contributed by atoms with van der Waals surface area (Å²) in [5.74, 6) is -0.953. The van der Waals surface area contributed by atoms with Crippen molar-refractivity contribution in [3.05, 3.63) is 146 Å². The Morgan fingerprint density at radius 1 is 0.276 bits per heavy atom. The lowest BCUT2D eigenvalue weighted by molar-refractivity contribution is -0.167. The van der Waals surface area contributed by atoms with Crippen LogP contribution in [0.1, 0.15) is 258 Å². The SMILES string of the molecule is CC/C=C\C/C=C\C/C=C\C/C=C\C/C=C\C/C=C\C/C=C\C/C=C\C/C=C\CCCCCC(=O)OCC(COC(=O)CCCCCCCCCCCCCC)OC(=O)CCCCCCC/C=C\C/C=C\C/C=C\CC. The van der Waals surface area contributed by atoms with Gasteiger partial charge in [-0.25, -0.2) is 0 Å². The maximum atomic E-state index is 12.9. The van der Waals surface area contributed by atoms with Gasteiger partial charge in [-0.2, -0.15) is 0 Å². The molecule has 76 heavy (non-hydrogen) atoms. The third kappa shape index (κ3) is 60.2.